The Kier molecular flexibility index (Phi) is 4.53. The molecule has 0 spiro atoms. The van der Waals surface area contributed by atoms with Gasteiger partial charge in [-0.3, -0.25) is 9.48 Å². The number of nitrogens with one attached hydrogen (secondary N) is 2. The van der Waals surface area contributed by atoms with Crippen LogP contribution in [-0.2, 0) is 11.3 Å². The first-order valence-corrected chi connectivity index (χ1v) is 7.00. The second-order valence-electron chi connectivity index (χ2n) is 4.45. The number of aromatic nitrogens is 3. The number of hydrogen-bond acceptors (Lipinski definition) is 5. The Bertz CT molecular complexity index is 651. The molecule has 2 aromatic rings. The Hall–Kier alpha value is -2.42. The second kappa shape index (κ2) is 6.35. The molecule has 0 aliphatic rings. The van der Waals surface area contributed by atoms with Crippen molar-refractivity contribution in [2.45, 2.75) is 26.4 Å². The average Bonchev–Trinajstić information content (AvgIpc) is 2.98. The third kappa shape index (κ3) is 4.28. The van der Waals surface area contributed by atoms with E-state index in [2.05, 4.69) is 20.7 Å². The highest BCUT2D eigenvalue weighted by Crippen LogP contribution is 2.18. The van der Waals surface area contributed by atoms with E-state index in [0.717, 1.165) is 9.88 Å². The van der Waals surface area contributed by atoms with Crippen LogP contribution in [0.5, 0.6) is 0 Å². The monoisotopic (exact) mass is 309 g/mol. The van der Waals surface area contributed by atoms with Crippen LogP contribution in [0.4, 0.5) is 10.5 Å². The molecule has 1 atom stereocenters. The van der Waals surface area contributed by atoms with E-state index in [1.54, 1.807) is 6.20 Å². The molecule has 0 fully saturated rings. The van der Waals surface area contributed by atoms with Crippen LogP contribution >= 0.6 is 11.3 Å². The highest BCUT2D eigenvalue weighted by Gasteiger charge is 2.13. The minimum Gasteiger partial charge on any atom is -0.480 e. The summed E-state index contributed by atoms with van der Waals surface area (Å²) < 4.78 is 1.23. The first kappa shape index (κ1) is 15.0. The predicted octanol–water partition coefficient (Wildman–Crippen LogP) is 1.62. The maximum Gasteiger partial charge on any atom is 0.325 e. The Morgan fingerprint density at radius 3 is 2.86 bits per heavy atom. The van der Waals surface area contributed by atoms with Crippen LogP contribution in [-0.4, -0.2) is 31.9 Å². The van der Waals surface area contributed by atoms with Gasteiger partial charge in [0.25, 0.3) is 0 Å². The summed E-state index contributed by atoms with van der Waals surface area (Å²) in [7, 11) is 0. The van der Waals surface area contributed by atoms with Crippen molar-refractivity contribution in [2.24, 2.45) is 0 Å². The van der Waals surface area contributed by atoms with Gasteiger partial charge in [-0.1, -0.05) is 0 Å². The number of carbonyl (C=O) groups is 2. The summed E-state index contributed by atoms with van der Waals surface area (Å²) in [5.41, 5.74) is 0.427. The maximum absolute atomic E-state index is 11.8. The van der Waals surface area contributed by atoms with Crippen LogP contribution in [0.25, 0.3) is 0 Å². The van der Waals surface area contributed by atoms with Crippen LogP contribution in [0.1, 0.15) is 22.9 Å². The molecule has 8 nitrogen and oxygen atoms in total. The molecule has 0 radical (unpaired) electrons. The van der Waals surface area contributed by atoms with Crippen LogP contribution in [0.15, 0.2) is 18.6 Å². The van der Waals surface area contributed by atoms with E-state index in [-0.39, 0.29) is 12.6 Å². The van der Waals surface area contributed by atoms with E-state index in [4.69, 9.17) is 5.11 Å². The number of aryl methyl sites for hydroxylation is 1. The number of aliphatic carboxylic acids is 1. The van der Waals surface area contributed by atoms with Crippen LogP contribution in [0, 0.1) is 6.92 Å². The topological polar surface area (TPSA) is 109 Å². The van der Waals surface area contributed by atoms with Crippen molar-refractivity contribution >= 4 is 29.0 Å². The predicted molar refractivity (Wildman–Crippen MR) is 77.3 cm³/mol. The number of urea groups is 1. The number of anilines is 1. The van der Waals surface area contributed by atoms with Gasteiger partial charge in [-0.05, 0) is 13.8 Å². The summed E-state index contributed by atoms with van der Waals surface area (Å²) in [6.07, 6.45) is 4.60. The van der Waals surface area contributed by atoms with Crippen molar-refractivity contribution in [2.75, 3.05) is 5.32 Å². The van der Waals surface area contributed by atoms with Crippen molar-refractivity contribution < 1.29 is 14.7 Å². The van der Waals surface area contributed by atoms with E-state index < -0.39 is 12.0 Å². The van der Waals surface area contributed by atoms with Crippen LogP contribution in [0.3, 0.4) is 0 Å². The molecule has 0 saturated heterocycles. The molecule has 0 aliphatic carbocycles. The molecule has 2 heterocycles. The van der Waals surface area contributed by atoms with E-state index in [1.165, 1.54) is 28.4 Å². The third-order valence-corrected chi connectivity index (χ3v) is 3.64. The number of carboxylic acid groups (broad SMARTS) is 1. The van der Waals surface area contributed by atoms with Crippen molar-refractivity contribution in [1.82, 2.24) is 20.1 Å². The molecule has 3 N–H and O–H groups in total. The zero-order valence-corrected chi connectivity index (χ0v) is 12.3. The molecule has 9 heteroatoms. The SMILES string of the molecule is Cc1cnc(C(C)NC(=O)Nc2cnn(CC(=O)O)c2)s1. The standard InChI is InChI=1S/C12H15N5O3S/c1-7-3-13-11(21-7)8(2)15-12(20)16-9-4-14-17(5-9)6-10(18)19/h3-5,8H,6H2,1-2H3,(H,18,19)(H2,15,16,20). The first-order chi connectivity index (χ1) is 9.94. The number of carboxylic acids is 1. The summed E-state index contributed by atoms with van der Waals surface area (Å²) in [6.45, 7) is 3.54. The van der Waals surface area contributed by atoms with Gasteiger partial charge in [0, 0.05) is 17.3 Å². The van der Waals surface area contributed by atoms with Crippen molar-refractivity contribution in [3.63, 3.8) is 0 Å². The van der Waals surface area contributed by atoms with E-state index in [1.807, 2.05) is 13.8 Å². The normalized spacial score (nSPS) is 11.9. The number of amides is 2. The lowest BCUT2D eigenvalue weighted by molar-refractivity contribution is -0.137. The van der Waals surface area contributed by atoms with Crippen LogP contribution in [0.2, 0.25) is 0 Å². The summed E-state index contributed by atoms with van der Waals surface area (Å²) in [4.78, 5) is 27.7. The van der Waals surface area contributed by atoms with Gasteiger partial charge >= 0.3 is 12.0 Å². The summed E-state index contributed by atoms with van der Waals surface area (Å²) in [5, 5.41) is 18.6. The van der Waals surface area contributed by atoms with Gasteiger partial charge in [0.15, 0.2) is 0 Å². The maximum atomic E-state index is 11.8. The summed E-state index contributed by atoms with van der Waals surface area (Å²) >= 11 is 1.52. The van der Waals surface area contributed by atoms with Crippen LogP contribution < -0.4 is 10.6 Å². The first-order valence-electron chi connectivity index (χ1n) is 6.18. The highest BCUT2D eigenvalue weighted by atomic mass is 32.1. The molecule has 2 aromatic heterocycles. The summed E-state index contributed by atoms with van der Waals surface area (Å²) in [5.74, 6) is -0.998. The molecule has 2 rings (SSSR count). The minimum absolute atomic E-state index is 0.210. The quantitative estimate of drug-likeness (QED) is 0.777. The minimum atomic E-state index is -0.998. The molecule has 0 aliphatic heterocycles. The largest absolute Gasteiger partial charge is 0.480 e. The Balaban J connectivity index is 1.89. The number of rotatable bonds is 5. The van der Waals surface area contributed by atoms with Crippen molar-refractivity contribution in [1.29, 1.82) is 0 Å². The van der Waals surface area contributed by atoms with E-state index in [9.17, 15) is 9.59 Å². The molecule has 2 amide bonds. The lowest BCUT2D eigenvalue weighted by atomic mass is 10.3. The van der Waals surface area contributed by atoms with E-state index in [0.29, 0.717) is 5.69 Å². The molecule has 0 bridgehead atoms. The van der Waals surface area contributed by atoms with Gasteiger partial charge in [-0.15, -0.1) is 11.3 Å². The van der Waals surface area contributed by atoms with Crippen molar-refractivity contribution in [3.05, 3.63) is 28.5 Å². The number of hydrogen-bond donors (Lipinski definition) is 3. The number of nitrogens with zero attached hydrogens (tertiary/aromatic N) is 3. The zero-order valence-electron chi connectivity index (χ0n) is 11.5. The molecular formula is C12H15N5O3S. The number of carbonyl (C=O) groups excluding carboxylic acids is 1. The van der Waals surface area contributed by atoms with Gasteiger partial charge in [-0.25, -0.2) is 9.78 Å². The second-order valence-corrected chi connectivity index (χ2v) is 5.72. The van der Waals surface area contributed by atoms with Gasteiger partial charge < -0.3 is 15.7 Å². The smallest absolute Gasteiger partial charge is 0.325 e. The van der Waals surface area contributed by atoms with Gasteiger partial charge in [0.1, 0.15) is 11.6 Å². The number of thiazole rings is 1. The third-order valence-electron chi connectivity index (χ3n) is 2.55. The Labute approximate surface area is 124 Å². The average molecular weight is 309 g/mol. The molecule has 0 saturated carbocycles. The van der Waals surface area contributed by atoms with E-state index >= 15 is 0 Å². The summed E-state index contributed by atoms with van der Waals surface area (Å²) in [6, 6.07) is -0.608. The zero-order chi connectivity index (χ0) is 15.4. The Morgan fingerprint density at radius 2 is 2.24 bits per heavy atom. The lowest BCUT2D eigenvalue weighted by Crippen LogP contribution is -2.30. The molecule has 0 aromatic carbocycles. The Morgan fingerprint density at radius 1 is 1.48 bits per heavy atom. The van der Waals surface area contributed by atoms with Gasteiger partial charge in [0.05, 0.1) is 17.9 Å². The lowest BCUT2D eigenvalue weighted by Gasteiger charge is -2.11. The highest BCUT2D eigenvalue weighted by molar-refractivity contribution is 7.11. The fraction of sp³-hybridized carbons (Fsp3) is 0.333. The molecular weight excluding hydrogens is 294 g/mol. The van der Waals surface area contributed by atoms with Crippen molar-refractivity contribution in [3.8, 4) is 0 Å². The molecule has 1 unspecified atom stereocenters. The van der Waals surface area contributed by atoms with Gasteiger partial charge in [-0.2, -0.15) is 5.10 Å². The molecule has 21 heavy (non-hydrogen) atoms. The fourth-order valence-corrected chi connectivity index (χ4v) is 2.43. The van der Waals surface area contributed by atoms with Gasteiger partial charge in [0.2, 0.25) is 0 Å². The molecule has 112 valence electrons. The fourth-order valence-electron chi connectivity index (χ4n) is 1.65.